The molecule has 5 nitrogen and oxygen atoms in total. The Balaban J connectivity index is 2.29. The number of primary amides is 1. The molecule has 0 aliphatic heterocycles. The summed E-state index contributed by atoms with van der Waals surface area (Å²) in [6.07, 6.45) is 0. The van der Waals surface area contributed by atoms with Gasteiger partial charge in [-0.1, -0.05) is 11.3 Å². The van der Waals surface area contributed by atoms with Crippen LogP contribution in [0.4, 0.5) is 0 Å². The molecule has 0 saturated heterocycles. The highest BCUT2D eigenvalue weighted by Crippen LogP contribution is 2.13. The van der Waals surface area contributed by atoms with Gasteiger partial charge in [-0.15, -0.1) is 22.8 Å². The van der Waals surface area contributed by atoms with Crippen LogP contribution in [0.25, 0.3) is 0 Å². The molecule has 12 heavy (non-hydrogen) atoms. The predicted molar refractivity (Wildman–Crippen MR) is 46.0 cm³/mol. The molecule has 0 fully saturated rings. The van der Waals surface area contributed by atoms with Crippen molar-refractivity contribution in [1.29, 1.82) is 0 Å². The lowest BCUT2D eigenvalue weighted by atomic mass is 10.7. The van der Waals surface area contributed by atoms with Gasteiger partial charge in [-0.2, -0.15) is 0 Å². The van der Waals surface area contributed by atoms with E-state index in [4.69, 9.17) is 10.5 Å². The molecule has 0 aromatic carbocycles. The molecule has 1 aromatic rings. The van der Waals surface area contributed by atoms with E-state index >= 15 is 0 Å². The van der Waals surface area contributed by atoms with E-state index in [1.165, 1.54) is 11.3 Å². The number of carbonyl (C=O) groups is 1. The highest BCUT2D eigenvalue weighted by atomic mass is 32.2. The topological polar surface area (TPSA) is 78.1 Å². The number of hydrogen-bond acceptors (Lipinski definition) is 6. The Bertz CT molecular complexity index is 275. The Morgan fingerprint density at radius 2 is 2.42 bits per heavy atom. The fourth-order valence-corrected chi connectivity index (χ4v) is 1.42. The largest absolute Gasteiger partial charge is 0.368 e. The monoisotopic (exact) mass is 205 g/mol. The zero-order valence-corrected chi connectivity index (χ0v) is 7.77. The first-order chi connectivity index (χ1) is 5.68. The molecule has 0 unspecified atom stereocenters. The van der Waals surface area contributed by atoms with Gasteiger partial charge in [0, 0.05) is 0 Å². The standard InChI is InChI=1S/C5H7N3O2S2/c6-3(9)1-10-2-4-7-8-5(11)12-4/h1-2H2,(H2,6,9)(H,8,11). The molecule has 7 heteroatoms. The molecule has 0 radical (unpaired) electrons. The smallest absolute Gasteiger partial charge is 0.243 e. The van der Waals surface area contributed by atoms with E-state index in [9.17, 15) is 4.79 Å². The quantitative estimate of drug-likeness (QED) is 0.669. The van der Waals surface area contributed by atoms with E-state index in [1.54, 1.807) is 0 Å². The number of amides is 1. The fourth-order valence-electron chi connectivity index (χ4n) is 0.542. The van der Waals surface area contributed by atoms with Gasteiger partial charge in [0.2, 0.25) is 5.91 Å². The number of nitrogens with two attached hydrogens (primary N) is 1. The Kier molecular flexibility index (Phi) is 3.45. The minimum atomic E-state index is -0.495. The zero-order valence-electron chi connectivity index (χ0n) is 6.06. The Morgan fingerprint density at radius 1 is 1.67 bits per heavy atom. The van der Waals surface area contributed by atoms with Crippen LogP contribution in [-0.4, -0.2) is 22.7 Å². The lowest BCUT2D eigenvalue weighted by molar-refractivity contribution is -0.122. The van der Waals surface area contributed by atoms with Gasteiger partial charge in [-0.3, -0.25) is 4.79 Å². The SMILES string of the molecule is NC(=O)COCc1nnc(S)s1. The maximum atomic E-state index is 10.2. The fraction of sp³-hybridized carbons (Fsp3) is 0.400. The van der Waals surface area contributed by atoms with Gasteiger partial charge in [0.1, 0.15) is 18.2 Å². The van der Waals surface area contributed by atoms with E-state index in [1.807, 2.05) is 0 Å². The third-order valence-corrected chi connectivity index (χ3v) is 1.99. The lowest BCUT2D eigenvalue weighted by Crippen LogP contribution is -2.17. The number of hydrogen-bond donors (Lipinski definition) is 2. The first-order valence-electron chi connectivity index (χ1n) is 3.06. The van der Waals surface area contributed by atoms with Gasteiger partial charge in [0.15, 0.2) is 4.34 Å². The summed E-state index contributed by atoms with van der Waals surface area (Å²) in [5, 5.41) is 8.06. The van der Waals surface area contributed by atoms with Crippen LogP contribution in [0.1, 0.15) is 5.01 Å². The molecule has 2 N–H and O–H groups in total. The third-order valence-electron chi connectivity index (χ3n) is 0.926. The van der Waals surface area contributed by atoms with Gasteiger partial charge in [0.05, 0.1) is 0 Å². The van der Waals surface area contributed by atoms with Crippen molar-refractivity contribution in [3.8, 4) is 0 Å². The van der Waals surface area contributed by atoms with Crippen molar-refractivity contribution in [3.63, 3.8) is 0 Å². The summed E-state index contributed by atoms with van der Waals surface area (Å²) < 4.78 is 5.47. The third kappa shape index (κ3) is 3.16. The average Bonchev–Trinajstić information content (AvgIpc) is 2.35. The lowest BCUT2D eigenvalue weighted by Gasteiger charge is -1.95. The Morgan fingerprint density at radius 3 is 2.92 bits per heavy atom. The maximum Gasteiger partial charge on any atom is 0.243 e. The van der Waals surface area contributed by atoms with E-state index in [0.717, 1.165) is 0 Å². The number of rotatable bonds is 4. The van der Waals surface area contributed by atoms with Gasteiger partial charge >= 0.3 is 0 Å². The number of nitrogens with zero attached hydrogens (tertiary/aromatic N) is 2. The molecular weight excluding hydrogens is 198 g/mol. The molecular formula is C5H7N3O2S2. The minimum Gasteiger partial charge on any atom is -0.368 e. The van der Waals surface area contributed by atoms with E-state index in [2.05, 4.69) is 22.8 Å². The van der Waals surface area contributed by atoms with Crippen molar-refractivity contribution in [2.45, 2.75) is 10.9 Å². The Hall–Kier alpha value is -0.660. The number of carbonyl (C=O) groups excluding carboxylic acids is 1. The summed E-state index contributed by atoms with van der Waals surface area (Å²) in [5.74, 6) is -0.495. The van der Waals surface area contributed by atoms with Gasteiger partial charge in [-0.05, 0) is 0 Å². The van der Waals surface area contributed by atoms with Crippen LogP contribution in [-0.2, 0) is 16.1 Å². The van der Waals surface area contributed by atoms with Crippen LogP contribution in [0, 0.1) is 0 Å². The zero-order chi connectivity index (χ0) is 8.97. The first kappa shape index (κ1) is 9.43. The van der Waals surface area contributed by atoms with Crippen molar-refractivity contribution in [3.05, 3.63) is 5.01 Å². The summed E-state index contributed by atoms with van der Waals surface area (Å²) in [6, 6.07) is 0. The van der Waals surface area contributed by atoms with Crippen molar-refractivity contribution in [2.24, 2.45) is 5.73 Å². The van der Waals surface area contributed by atoms with Crippen LogP contribution in [0.5, 0.6) is 0 Å². The minimum absolute atomic E-state index is 0.0957. The summed E-state index contributed by atoms with van der Waals surface area (Å²) in [7, 11) is 0. The molecule has 0 atom stereocenters. The van der Waals surface area contributed by atoms with Crippen molar-refractivity contribution >= 4 is 29.9 Å². The van der Waals surface area contributed by atoms with E-state index < -0.39 is 5.91 Å². The molecule has 1 amide bonds. The summed E-state index contributed by atoms with van der Waals surface area (Å²) in [6.45, 7) is 0.155. The Labute approximate surface area is 78.3 Å². The predicted octanol–water partition coefficient (Wildman–Crippen LogP) is -0.171. The van der Waals surface area contributed by atoms with Crippen LogP contribution in [0.15, 0.2) is 4.34 Å². The van der Waals surface area contributed by atoms with Crippen LogP contribution in [0.3, 0.4) is 0 Å². The highest BCUT2D eigenvalue weighted by Gasteiger charge is 2.01. The van der Waals surface area contributed by atoms with Crippen LogP contribution in [0.2, 0.25) is 0 Å². The van der Waals surface area contributed by atoms with Crippen molar-refractivity contribution in [2.75, 3.05) is 6.61 Å². The number of aromatic nitrogens is 2. The van der Waals surface area contributed by atoms with Gasteiger partial charge in [0.25, 0.3) is 0 Å². The summed E-state index contributed by atoms with van der Waals surface area (Å²) in [4.78, 5) is 10.2. The van der Waals surface area contributed by atoms with E-state index in [-0.39, 0.29) is 13.2 Å². The van der Waals surface area contributed by atoms with Crippen molar-refractivity contribution < 1.29 is 9.53 Å². The molecule has 0 aliphatic rings. The molecule has 0 spiro atoms. The molecule has 0 bridgehead atoms. The molecule has 0 saturated carbocycles. The number of thiol groups is 1. The van der Waals surface area contributed by atoms with Gasteiger partial charge in [-0.25, -0.2) is 0 Å². The van der Waals surface area contributed by atoms with Crippen LogP contribution >= 0.6 is 24.0 Å². The maximum absolute atomic E-state index is 10.2. The summed E-state index contributed by atoms with van der Waals surface area (Å²) >= 11 is 5.27. The summed E-state index contributed by atoms with van der Waals surface area (Å²) in [5.41, 5.74) is 4.85. The molecule has 1 heterocycles. The van der Waals surface area contributed by atoms with Crippen molar-refractivity contribution in [1.82, 2.24) is 10.2 Å². The van der Waals surface area contributed by atoms with Crippen LogP contribution < -0.4 is 5.73 Å². The second-order valence-corrected chi connectivity index (χ2v) is 3.73. The molecule has 1 aromatic heterocycles. The highest BCUT2D eigenvalue weighted by molar-refractivity contribution is 7.82. The molecule has 0 aliphatic carbocycles. The molecule has 1 rings (SSSR count). The second-order valence-electron chi connectivity index (χ2n) is 1.94. The first-order valence-corrected chi connectivity index (χ1v) is 4.32. The second kappa shape index (κ2) is 4.39. The van der Waals surface area contributed by atoms with E-state index in [0.29, 0.717) is 9.35 Å². The average molecular weight is 205 g/mol. The van der Waals surface area contributed by atoms with Gasteiger partial charge < -0.3 is 10.5 Å². The number of ether oxygens (including phenoxy) is 1. The molecule has 66 valence electrons. The normalized spacial score (nSPS) is 10.1.